The number of rotatable bonds is 3. The van der Waals surface area contributed by atoms with E-state index in [0.717, 1.165) is 16.1 Å². The molecule has 1 aromatic carbocycles. The Morgan fingerprint density at radius 1 is 1.44 bits per heavy atom. The Balaban J connectivity index is 2.21. The summed E-state index contributed by atoms with van der Waals surface area (Å²) in [5, 5.41) is 0. The summed E-state index contributed by atoms with van der Waals surface area (Å²) in [6.07, 6.45) is 1.29. The van der Waals surface area contributed by atoms with Gasteiger partial charge in [0.2, 0.25) is 0 Å². The minimum atomic E-state index is 0.433. The fraction of sp³-hybridized carbons (Fsp3) is 0.538. The number of halogens is 2. The van der Waals surface area contributed by atoms with Crippen LogP contribution in [0.15, 0.2) is 22.7 Å². The van der Waals surface area contributed by atoms with E-state index in [0.29, 0.717) is 10.2 Å². The van der Waals surface area contributed by atoms with Gasteiger partial charge in [-0.25, -0.2) is 0 Å². The van der Waals surface area contributed by atoms with E-state index in [1.165, 1.54) is 12.0 Å². The van der Waals surface area contributed by atoms with Crippen molar-refractivity contribution in [3.8, 4) is 5.75 Å². The molecule has 2 rings (SSSR count). The molecule has 0 aromatic heterocycles. The molecule has 88 valence electrons. The smallest absolute Gasteiger partial charge is 0.120 e. The molecule has 2 unspecified atom stereocenters. The van der Waals surface area contributed by atoms with E-state index in [4.69, 9.17) is 4.74 Å². The van der Waals surface area contributed by atoms with E-state index in [1.54, 1.807) is 7.11 Å². The summed E-state index contributed by atoms with van der Waals surface area (Å²) >= 11 is 7.43. The van der Waals surface area contributed by atoms with Crippen molar-refractivity contribution in [2.24, 2.45) is 11.3 Å². The highest BCUT2D eigenvalue weighted by atomic mass is 79.9. The summed E-state index contributed by atoms with van der Waals surface area (Å²) in [7, 11) is 1.69. The van der Waals surface area contributed by atoms with Gasteiger partial charge in [0.25, 0.3) is 0 Å². The molecular weight excluding hydrogens is 332 g/mol. The van der Waals surface area contributed by atoms with Crippen LogP contribution in [0, 0.1) is 11.3 Å². The number of alkyl halides is 1. The fourth-order valence-corrected chi connectivity index (χ4v) is 4.30. The largest absolute Gasteiger partial charge is 0.497 e. The summed E-state index contributed by atoms with van der Waals surface area (Å²) in [5.41, 5.74) is 1.80. The molecule has 1 nitrogen and oxygen atoms in total. The third kappa shape index (κ3) is 2.30. The van der Waals surface area contributed by atoms with Crippen LogP contribution < -0.4 is 4.74 Å². The predicted molar refractivity (Wildman–Crippen MR) is 74.3 cm³/mol. The van der Waals surface area contributed by atoms with Crippen LogP contribution in [0.3, 0.4) is 0 Å². The van der Waals surface area contributed by atoms with Crippen LogP contribution >= 0.6 is 31.9 Å². The first-order chi connectivity index (χ1) is 7.45. The number of hydrogen-bond donors (Lipinski definition) is 0. The second kappa shape index (κ2) is 4.34. The number of hydrogen-bond acceptors (Lipinski definition) is 1. The van der Waals surface area contributed by atoms with E-state index in [1.807, 2.05) is 12.1 Å². The summed E-state index contributed by atoms with van der Waals surface area (Å²) < 4.78 is 6.32. The van der Waals surface area contributed by atoms with Gasteiger partial charge in [-0.15, -0.1) is 0 Å². The molecule has 1 fully saturated rings. The number of ether oxygens (including phenoxy) is 1. The van der Waals surface area contributed by atoms with Crippen molar-refractivity contribution in [3.05, 3.63) is 28.2 Å². The molecule has 0 spiro atoms. The highest BCUT2D eigenvalue weighted by molar-refractivity contribution is 9.11. The summed E-state index contributed by atoms with van der Waals surface area (Å²) in [6.45, 7) is 4.65. The Labute approximate surface area is 114 Å². The summed E-state index contributed by atoms with van der Waals surface area (Å²) in [6, 6.07) is 6.18. The Hall–Kier alpha value is -0.0200. The Kier molecular flexibility index (Phi) is 3.37. The molecule has 1 aromatic rings. The van der Waals surface area contributed by atoms with Crippen LogP contribution in [0.5, 0.6) is 5.75 Å². The minimum Gasteiger partial charge on any atom is -0.497 e. The van der Waals surface area contributed by atoms with Crippen molar-refractivity contribution in [1.82, 2.24) is 0 Å². The Bertz CT molecular complexity index is 401. The zero-order chi connectivity index (χ0) is 11.9. The third-order valence-corrected chi connectivity index (χ3v) is 5.27. The zero-order valence-corrected chi connectivity index (χ0v) is 12.9. The second-order valence-corrected chi connectivity index (χ2v) is 6.93. The fourth-order valence-electron chi connectivity index (χ4n) is 2.08. The first kappa shape index (κ1) is 12.4. The molecule has 0 aliphatic heterocycles. The van der Waals surface area contributed by atoms with Crippen LogP contribution in [0.25, 0.3) is 0 Å². The van der Waals surface area contributed by atoms with Gasteiger partial charge < -0.3 is 4.74 Å². The molecule has 0 heterocycles. The van der Waals surface area contributed by atoms with E-state index in [-0.39, 0.29) is 0 Å². The van der Waals surface area contributed by atoms with Crippen molar-refractivity contribution in [1.29, 1.82) is 0 Å². The third-order valence-electron chi connectivity index (χ3n) is 3.45. The average Bonchev–Trinajstić information content (AvgIpc) is 2.86. The second-order valence-electron chi connectivity index (χ2n) is 5.09. The van der Waals surface area contributed by atoms with E-state index in [9.17, 15) is 0 Å². The van der Waals surface area contributed by atoms with E-state index < -0.39 is 0 Å². The lowest BCUT2D eigenvalue weighted by atomic mass is 10.0. The van der Waals surface area contributed by atoms with Crippen molar-refractivity contribution in [3.63, 3.8) is 0 Å². The van der Waals surface area contributed by atoms with Crippen LogP contribution in [-0.4, -0.2) is 7.11 Å². The first-order valence-corrected chi connectivity index (χ1v) is 7.14. The van der Waals surface area contributed by atoms with Crippen molar-refractivity contribution in [2.45, 2.75) is 25.1 Å². The number of benzene rings is 1. The standard InChI is InChI=1S/C13H16Br2O/c1-13(2)7-10(13)12(15)9-5-4-8(16-3)6-11(9)14/h4-6,10,12H,7H2,1-3H3. The maximum Gasteiger partial charge on any atom is 0.120 e. The van der Waals surface area contributed by atoms with Gasteiger partial charge in [-0.3, -0.25) is 0 Å². The molecule has 16 heavy (non-hydrogen) atoms. The van der Waals surface area contributed by atoms with Gasteiger partial charge >= 0.3 is 0 Å². The Morgan fingerprint density at radius 2 is 2.06 bits per heavy atom. The molecule has 1 aliphatic carbocycles. The van der Waals surface area contributed by atoms with Gasteiger partial charge in [-0.05, 0) is 35.4 Å². The molecule has 1 saturated carbocycles. The monoisotopic (exact) mass is 346 g/mol. The van der Waals surface area contributed by atoms with Crippen LogP contribution in [0.4, 0.5) is 0 Å². The quantitative estimate of drug-likeness (QED) is 0.703. The van der Waals surface area contributed by atoms with Crippen molar-refractivity contribution in [2.75, 3.05) is 7.11 Å². The first-order valence-electron chi connectivity index (χ1n) is 5.43. The van der Waals surface area contributed by atoms with Gasteiger partial charge in [-0.1, -0.05) is 51.8 Å². The highest BCUT2D eigenvalue weighted by Gasteiger charge is 2.49. The van der Waals surface area contributed by atoms with Gasteiger partial charge in [0.05, 0.1) is 7.11 Å². The highest BCUT2D eigenvalue weighted by Crippen LogP contribution is 2.61. The molecule has 0 saturated heterocycles. The van der Waals surface area contributed by atoms with Gasteiger partial charge in [0, 0.05) is 9.30 Å². The molecule has 1 aliphatic rings. The lowest BCUT2D eigenvalue weighted by Gasteiger charge is -2.14. The lowest BCUT2D eigenvalue weighted by molar-refractivity contribution is 0.414. The maximum atomic E-state index is 5.20. The van der Waals surface area contributed by atoms with Crippen LogP contribution in [-0.2, 0) is 0 Å². The summed E-state index contributed by atoms with van der Waals surface area (Å²) in [5.74, 6) is 1.63. The van der Waals surface area contributed by atoms with E-state index in [2.05, 4.69) is 51.8 Å². The summed E-state index contributed by atoms with van der Waals surface area (Å²) in [4.78, 5) is 0.433. The van der Waals surface area contributed by atoms with E-state index >= 15 is 0 Å². The molecule has 2 atom stereocenters. The lowest BCUT2D eigenvalue weighted by Crippen LogP contribution is -2.00. The molecule has 0 radical (unpaired) electrons. The van der Waals surface area contributed by atoms with Crippen molar-refractivity contribution < 1.29 is 4.74 Å². The van der Waals surface area contributed by atoms with Crippen LogP contribution in [0.2, 0.25) is 0 Å². The molecule has 3 heteroatoms. The zero-order valence-electron chi connectivity index (χ0n) is 9.76. The minimum absolute atomic E-state index is 0.433. The maximum absolute atomic E-state index is 5.20. The molecule has 0 bridgehead atoms. The molecule has 0 N–H and O–H groups in total. The average molecular weight is 348 g/mol. The van der Waals surface area contributed by atoms with Crippen molar-refractivity contribution >= 4 is 31.9 Å². The topological polar surface area (TPSA) is 9.23 Å². The van der Waals surface area contributed by atoms with Crippen LogP contribution in [0.1, 0.15) is 30.7 Å². The van der Waals surface area contributed by atoms with Gasteiger partial charge in [0.1, 0.15) is 5.75 Å². The predicted octanol–water partition coefficient (Wildman–Crippen LogP) is 4.94. The Morgan fingerprint density at radius 3 is 2.50 bits per heavy atom. The normalized spacial score (nSPS) is 23.9. The molecular formula is C13H16Br2O. The van der Waals surface area contributed by atoms with Gasteiger partial charge in [-0.2, -0.15) is 0 Å². The van der Waals surface area contributed by atoms with Gasteiger partial charge in [0.15, 0.2) is 0 Å². The number of methoxy groups -OCH3 is 1. The SMILES string of the molecule is COc1ccc(C(Br)C2CC2(C)C)c(Br)c1. The molecule has 0 amide bonds.